The van der Waals surface area contributed by atoms with E-state index < -0.39 is 10.0 Å². The van der Waals surface area contributed by atoms with E-state index in [9.17, 15) is 13.2 Å². The summed E-state index contributed by atoms with van der Waals surface area (Å²) >= 11 is 0. The Hall–Kier alpha value is -1.40. The Balaban J connectivity index is 1.62. The van der Waals surface area contributed by atoms with E-state index in [-0.39, 0.29) is 17.9 Å². The first-order valence-corrected chi connectivity index (χ1v) is 10.6. The van der Waals surface area contributed by atoms with Crippen molar-refractivity contribution in [2.24, 2.45) is 11.8 Å². The molecular formula is C19H28N2O3S. The number of aryl methyl sites for hydroxylation is 2. The van der Waals surface area contributed by atoms with E-state index in [0.29, 0.717) is 36.7 Å². The predicted molar refractivity (Wildman–Crippen MR) is 97.7 cm³/mol. The molecule has 0 radical (unpaired) electrons. The molecule has 25 heavy (non-hydrogen) atoms. The summed E-state index contributed by atoms with van der Waals surface area (Å²) in [5.74, 6) is 0.642. The summed E-state index contributed by atoms with van der Waals surface area (Å²) < 4.78 is 27.3. The Morgan fingerprint density at radius 2 is 1.80 bits per heavy atom. The molecule has 2 aliphatic rings. The van der Waals surface area contributed by atoms with Gasteiger partial charge in [-0.2, -0.15) is 4.31 Å². The molecule has 1 atom stereocenters. The number of nitrogens with one attached hydrogen (secondary N) is 1. The Bertz CT molecular complexity index is 748. The topological polar surface area (TPSA) is 66.5 Å². The summed E-state index contributed by atoms with van der Waals surface area (Å²) in [6.45, 7) is 6.67. The van der Waals surface area contributed by atoms with Gasteiger partial charge < -0.3 is 5.32 Å². The van der Waals surface area contributed by atoms with Crippen LogP contribution in [0, 0.1) is 25.7 Å². The molecule has 1 aliphatic heterocycles. The third kappa shape index (κ3) is 4.06. The minimum absolute atomic E-state index is 0.0771. The van der Waals surface area contributed by atoms with Crippen molar-refractivity contribution in [3.05, 3.63) is 29.3 Å². The molecule has 1 heterocycles. The highest BCUT2D eigenvalue weighted by Crippen LogP contribution is 2.33. The Morgan fingerprint density at radius 1 is 1.16 bits per heavy atom. The summed E-state index contributed by atoms with van der Waals surface area (Å²) in [5.41, 5.74) is 1.83. The van der Waals surface area contributed by atoms with Gasteiger partial charge in [-0.1, -0.05) is 17.7 Å². The minimum Gasteiger partial charge on any atom is -0.353 e. The van der Waals surface area contributed by atoms with Crippen LogP contribution < -0.4 is 5.32 Å². The standard InChI is InChI=1S/C19H28N2O3S/c1-13-4-7-18(14(2)12-13)25(23,24)21-10-8-17(9-11-21)19(22)20-15(3)16-5-6-16/h4,7,12,15-17H,5-6,8-11H2,1-3H3,(H,20,22). The second-order valence-electron chi connectivity index (χ2n) is 7.58. The molecule has 5 nitrogen and oxygen atoms in total. The Kier molecular flexibility index (Phi) is 5.21. The predicted octanol–water partition coefficient (Wildman–Crippen LogP) is 2.62. The fourth-order valence-electron chi connectivity index (χ4n) is 3.64. The van der Waals surface area contributed by atoms with Crippen molar-refractivity contribution in [1.29, 1.82) is 0 Å². The van der Waals surface area contributed by atoms with Crippen molar-refractivity contribution in [3.8, 4) is 0 Å². The molecule has 0 bridgehead atoms. The molecule has 138 valence electrons. The van der Waals surface area contributed by atoms with Gasteiger partial charge in [-0.15, -0.1) is 0 Å². The van der Waals surface area contributed by atoms with Crippen LogP contribution in [0.25, 0.3) is 0 Å². The van der Waals surface area contributed by atoms with Gasteiger partial charge >= 0.3 is 0 Å². The number of hydrogen-bond acceptors (Lipinski definition) is 3. The van der Waals surface area contributed by atoms with Crippen LogP contribution >= 0.6 is 0 Å². The fraction of sp³-hybridized carbons (Fsp3) is 0.632. The molecule has 3 rings (SSSR count). The van der Waals surface area contributed by atoms with E-state index in [0.717, 1.165) is 11.1 Å². The number of hydrogen-bond donors (Lipinski definition) is 1. The molecule has 1 aromatic rings. The molecule has 1 N–H and O–H groups in total. The largest absolute Gasteiger partial charge is 0.353 e. The summed E-state index contributed by atoms with van der Waals surface area (Å²) in [6.07, 6.45) is 3.59. The van der Waals surface area contributed by atoms with Gasteiger partial charge in [0.15, 0.2) is 0 Å². The molecule has 6 heteroatoms. The lowest BCUT2D eigenvalue weighted by Gasteiger charge is -2.31. The van der Waals surface area contributed by atoms with Crippen LogP contribution in [0.2, 0.25) is 0 Å². The Labute approximate surface area is 150 Å². The van der Waals surface area contributed by atoms with Gasteiger partial charge in [-0.3, -0.25) is 4.79 Å². The van der Waals surface area contributed by atoms with Crippen molar-refractivity contribution in [2.75, 3.05) is 13.1 Å². The van der Waals surface area contributed by atoms with Crippen LogP contribution in [-0.2, 0) is 14.8 Å². The molecule has 1 saturated carbocycles. The molecule has 0 spiro atoms. The second kappa shape index (κ2) is 7.08. The van der Waals surface area contributed by atoms with Gasteiger partial charge in [0, 0.05) is 25.0 Å². The fourth-order valence-corrected chi connectivity index (χ4v) is 5.32. The van der Waals surface area contributed by atoms with E-state index in [1.165, 1.54) is 17.1 Å². The molecule has 1 amide bonds. The monoisotopic (exact) mass is 364 g/mol. The van der Waals surface area contributed by atoms with E-state index in [1.807, 2.05) is 26.0 Å². The average Bonchev–Trinajstić information content (AvgIpc) is 3.39. The number of amides is 1. The van der Waals surface area contributed by atoms with Crippen LogP contribution in [0.4, 0.5) is 0 Å². The van der Waals surface area contributed by atoms with Crippen LogP contribution in [0.5, 0.6) is 0 Å². The van der Waals surface area contributed by atoms with E-state index in [1.54, 1.807) is 6.07 Å². The Morgan fingerprint density at radius 3 is 2.36 bits per heavy atom. The van der Waals surface area contributed by atoms with Crippen molar-refractivity contribution >= 4 is 15.9 Å². The quantitative estimate of drug-likeness (QED) is 0.873. The number of piperidine rings is 1. The maximum atomic E-state index is 12.9. The van der Waals surface area contributed by atoms with Gasteiger partial charge in [0.05, 0.1) is 4.90 Å². The number of benzene rings is 1. The first kappa shape index (κ1) is 18.4. The second-order valence-corrected chi connectivity index (χ2v) is 9.49. The van der Waals surface area contributed by atoms with Gasteiger partial charge in [0.2, 0.25) is 15.9 Å². The molecule has 1 saturated heterocycles. The highest BCUT2D eigenvalue weighted by Gasteiger charge is 2.35. The highest BCUT2D eigenvalue weighted by atomic mass is 32.2. The minimum atomic E-state index is -3.48. The average molecular weight is 365 g/mol. The molecule has 1 aliphatic carbocycles. The lowest BCUT2D eigenvalue weighted by Crippen LogP contribution is -2.45. The van der Waals surface area contributed by atoms with Crippen molar-refractivity contribution in [2.45, 2.75) is 57.4 Å². The number of rotatable bonds is 5. The molecule has 1 aromatic carbocycles. The SMILES string of the molecule is Cc1ccc(S(=O)(=O)N2CCC(C(=O)NC(C)C3CC3)CC2)c(C)c1. The van der Waals surface area contributed by atoms with Gasteiger partial charge in [0.25, 0.3) is 0 Å². The zero-order valence-corrected chi connectivity index (χ0v) is 16.1. The maximum Gasteiger partial charge on any atom is 0.243 e. The van der Waals surface area contributed by atoms with E-state index in [4.69, 9.17) is 0 Å². The van der Waals surface area contributed by atoms with E-state index in [2.05, 4.69) is 12.2 Å². The normalized spacial score (nSPS) is 21.1. The zero-order valence-electron chi connectivity index (χ0n) is 15.3. The van der Waals surface area contributed by atoms with Crippen LogP contribution in [0.15, 0.2) is 23.1 Å². The lowest BCUT2D eigenvalue weighted by molar-refractivity contribution is -0.126. The highest BCUT2D eigenvalue weighted by molar-refractivity contribution is 7.89. The van der Waals surface area contributed by atoms with Gasteiger partial charge in [-0.05, 0) is 64.0 Å². The summed E-state index contributed by atoms with van der Waals surface area (Å²) in [5, 5.41) is 3.11. The first-order valence-electron chi connectivity index (χ1n) is 9.17. The lowest BCUT2D eigenvalue weighted by atomic mass is 9.96. The third-order valence-corrected chi connectivity index (χ3v) is 7.53. The zero-order chi connectivity index (χ0) is 18.2. The summed E-state index contributed by atoms with van der Waals surface area (Å²) in [4.78, 5) is 12.8. The number of carbonyl (C=O) groups is 1. The van der Waals surface area contributed by atoms with Crippen molar-refractivity contribution < 1.29 is 13.2 Å². The first-order chi connectivity index (χ1) is 11.8. The molecule has 0 aromatic heterocycles. The number of nitrogens with zero attached hydrogens (tertiary/aromatic N) is 1. The summed E-state index contributed by atoms with van der Waals surface area (Å²) in [6, 6.07) is 5.66. The molecule has 1 unspecified atom stereocenters. The van der Waals surface area contributed by atoms with Crippen LogP contribution in [0.3, 0.4) is 0 Å². The summed E-state index contributed by atoms with van der Waals surface area (Å²) in [7, 11) is -3.48. The molecule has 2 fully saturated rings. The third-order valence-electron chi connectivity index (χ3n) is 5.47. The van der Waals surface area contributed by atoms with E-state index >= 15 is 0 Å². The van der Waals surface area contributed by atoms with Crippen molar-refractivity contribution in [1.82, 2.24) is 9.62 Å². The smallest absolute Gasteiger partial charge is 0.243 e. The maximum absolute atomic E-state index is 12.9. The van der Waals surface area contributed by atoms with Crippen LogP contribution in [0.1, 0.15) is 43.7 Å². The molecular weight excluding hydrogens is 336 g/mol. The van der Waals surface area contributed by atoms with Crippen molar-refractivity contribution in [3.63, 3.8) is 0 Å². The van der Waals surface area contributed by atoms with Gasteiger partial charge in [0.1, 0.15) is 0 Å². The number of carbonyl (C=O) groups excluding carboxylic acids is 1. The van der Waals surface area contributed by atoms with Crippen LogP contribution in [-0.4, -0.2) is 37.8 Å². The number of sulfonamides is 1. The van der Waals surface area contributed by atoms with Gasteiger partial charge in [-0.25, -0.2) is 8.42 Å².